The molecule has 1 heterocycles. The molecule has 1 aromatic carbocycles. The fraction of sp³-hybridized carbons (Fsp3) is 0.250. The number of halogens is 3. The van der Waals surface area contributed by atoms with E-state index in [1.165, 1.54) is 18.3 Å². The first-order valence-electron chi connectivity index (χ1n) is 6.65. The molecule has 1 aromatic heterocycles. The number of pyridine rings is 1. The standard InChI is InChI=1S/C16H14F3NO2/c1-3-22-16(21)12-7-11(8-20-9(12)2)10-4-5-14(17)13(6-10)15(18)19/h4-8,15H,3H2,1-2H3. The molecule has 0 aliphatic heterocycles. The molecule has 2 aromatic rings. The van der Waals surface area contributed by atoms with Crippen molar-refractivity contribution in [3.63, 3.8) is 0 Å². The van der Waals surface area contributed by atoms with Crippen molar-refractivity contribution < 1.29 is 22.7 Å². The average Bonchev–Trinajstić information content (AvgIpc) is 2.48. The van der Waals surface area contributed by atoms with E-state index in [0.29, 0.717) is 16.8 Å². The zero-order valence-corrected chi connectivity index (χ0v) is 12.1. The third-order valence-corrected chi connectivity index (χ3v) is 3.15. The van der Waals surface area contributed by atoms with E-state index in [1.807, 2.05) is 0 Å². The fourth-order valence-corrected chi connectivity index (χ4v) is 2.00. The maximum Gasteiger partial charge on any atom is 0.339 e. The number of hydrogen-bond donors (Lipinski definition) is 0. The van der Waals surface area contributed by atoms with Gasteiger partial charge < -0.3 is 4.74 Å². The van der Waals surface area contributed by atoms with E-state index in [9.17, 15) is 18.0 Å². The summed E-state index contributed by atoms with van der Waals surface area (Å²) in [7, 11) is 0. The SMILES string of the molecule is CCOC(=O)c1cc(-c2ccc(F)c(C(F)F)c2)cnc1C. The summed E-state index contributed by atoms with van der Waals surface area (Å²) >= 11 is 0. The van der Waals surface area contributed by atoms with Gasteiger partial charge in [-0.05, 0) is 37.6 Å². The van der Waals surface area contributed by atoms with Gasteiger partial charge in [0.05, 0.1) is 23.4 Å². The highest BCUT2D eigenvalue weighted by Crippen LogP contribution is 2.28. The van der Waals surface area contributed by atoms with Crippen LogP contribution in [0.1, 0.15) is 35.0 Å². The summed E-state index contributed by atoms with van der Waals surface area (Å²) in [5, 5.41) is 0. The van der Waals surface area contributed by atoms with Crippen LogP contribution < -0.4 is 0 Å². The number of ether oxygens (including phenoxy) is 1. The lowest BCUT2D eigenvalue weighted by Gasteiger charge is -2.09. The van der Waals surface area contributed by atoms with Gasteiger partial charge in [0.15, 0.2) is 0 Å². The van der Waals surface area contributed by atoms with E-state index < -0.39 is 23.8 Å². The van der Waals surface area contributed by atoms with Crippen LogP contribution in [0.15, 0.2) is 30.5 Å². The van der Waals surface area contributed by atoms with Crippen LogP contribution in [0.5, 0.6) is 0 Å². The van der Waals surface area contributed by atoms with E-state index in [0.717, 1.165) is 12.1 Å². The number of aryl methyl sites for hydroxylation is 1. The largest absolute Gasteiger partial charge is 0.462 e. The van der Waals surface area contributed by atoms with Gasteiger partial charge in [-0.1, -0.05) is 6.07 Å². The van der Waals surface area contributed by atoms with Gasteiger partial charge >= 0.3 is 5.97 Å². The van der Waals surface area contributed by atoms with Crippen LogP contribution in [-0.2, 0) is 4.74 Å². The Labute approximate surface area is 125 Å². The van der Waals surface area contributed by atoms with Crippen molar-refractivity contribution in [1.29, 1.82) is 0 Å². The molecule has 6 heteroatoms. The quantitative estimate of drug-likeness (QED) is 0.790. The number of alkyl halides is 2. The second kappa shape index (κ2) is 6.60. The molecule has 22 heavy (non-hydrogen) atoms. The molecule has 0 spiro atoms. The number of hydrogen-bond acceptors (Lipinski definition) is 3. The number of carbonyl (C=O) groups is 1. The molecule has 116 valence electrons. The van der Waals surface area contributed by atoms with Crippen molar-refractivity contribution in [3.05, 3.63) is 53.1 Å². The van der Waals surface area contributed by atoms with Gasteiger partial charge in [-0.3, -0.25) is 4.98 Å². The highest BCUT2D eigenvalue weighted by Gasteiger charge is 2.16. The average molecular weight is 309 g/mol. The van der Waals surface area contributed by atoms with Crippen molar-refractivity contribution >= 4 is 5.97 Å². The van der Waals surface area contributed by atoms with Gasteiger partial charge in [0.2, 0.25) is 0 Å². The van der Waals surface area contributed by atoms with E-state index in [2.05, 4.69) is 4.98 Å². The Hall–Kier alpha value is -2.37. The molecule has 0 aliphatic rings. The van der Waals surface area contributed by atoms with Crippen LogP contribution in [0, 0.1) is 12.7 Å². The molecule has 0 radical (unpaired) electrons. The molecular weight excluding hydrogens is 295 g/mol. The van der Waals surface area contributed by atoms with E-state index in [-0.39, 0.29) is 12.2 Å². The summed E-state index contributed by atoms with van der Waals surface area (Å²) in [6.45, 7) is 3.54. The predicted octanol–water partition coefficient (Wildman–Crippen LogP) is 4.31. The molecule has 0 saturated heterocycles. The molecule has 0 fully saturated rings. The summed E-state index contributed by atoms with van der Waals surface area (Å²) < 4.78 is 43.8. The summed E-state index contributed by atoms with van der Waals surface area (Å²) in [6.07, 6.45) is -1.47. The summed E-state index contributed by atoms with van der Waals surface area (Å²) in [5.74, 6) is -1.50. The Morgan fingerprint density at radius 3 is 2.64 bits per heavy atom. The normalized spacial score (nSPS) is 10.8. The first-order valence-corrected chi connectivity index (χ1v) is 6.65. The molecule has 0 amide bonds. The molecular formula is C16H14F3NO2. The topological polar surface area (TPSA) is 39.2 Å². The minimum atomic E-state index is -2.91. The van der Waals surface area contributed by atoms with Crippen molar-refractivity contribution in [2.24, 2.45) is 0 Å². The third-order valence-electron chi connectivity index (χ3n) is 3.15. The van der Waals surface area contributed by atoms with Crippen LogP contribution in [0.2, 0.25) is 0 Å². The van der Waals surface area contributed by atoms with Crippen molar-refractivity contribution in [1.82, 2.24) is 4.98 Å². The second-order valence-electron chi connectivity index (χ2n) is 4.61. The zero-order chi connectivity index (χ0) is 16.3. The van der Waals surface area contributed by atoms with Gasteiger partial charge in [0, 0.05) is 11.8 Å². The Morgan fingerprint density at radius 2 is 2.00 bits per heavy atom. The van der Waals surface area contributed by atoms with Crippen LogP contribution in [-0.4, -0.2) is 17.6 Å². The molecule has 0 aliphatic carbocycles. The third kappa shape index (κ3) is 3.27. The molecule has 3 nitrogen and oxygen atoms in total. The monoisotopic (exact) mass is 309 g/mol. The van der Waals surface area contributed by atoms with Crippen LogP contribution in [0.4, 0.5) is 13.2 Å². The van der Waals surface area contributed by atoms with E-state index in [1.54, 1.807) is 13.8 Å². The lowest BCUT2D eigenvalue weighted by atomic mass is 10.0. The van der Waals surface area contributed by atoms with Gasteiger partial charge in [-0.15, -0.1) is 0 Å². The number of nitrogens with zero attached hydrogens (tertiary/aromatic N) is 1. The Morgan fingerprint density at radius 1 is 1.27 bits per heavy atom. The molecule has 0 bridgehead atoms. The highest BCUT2D eigenvalue weighted by molar-refractivity contribution is 5.92. The summed E-state index contributed by atoms with van der Waals surface area (Å²) in [4.78, 5) is 15.9. The van der Waals surface area contributed by atoms with Gasteiger partial charge in [-0.25, -0.2) is 18.0 Å². The molecule has 2 rings (SSSR count). The minimum Gasteiger partial charge on any atom is -0.462 e. The van der Waals surface area contributed by atoms with Crippen LogP contribution in [0.25, 0.3) is 11.1 Å². The maximum absolute atomic E-state index is 13.3. The predicted molar refractivity (Wildman–Crippen MR) is 75.3 cm³/mol. The molecule has 0 unspecified atom stereocenters. The second-order valence-corrected chi connectivity index (χ2v) is 4.61. The van der Waals surface area contributed by atoms with Crippen LogP contribution >= 0.6 is 0 Å². The van der Waals surface area contributed by atoms with Crippen molar-refractivity contribution in [2.45, 2.75) is 20.3 Å². The van der Waals surface area contributed by atoms with Crippen LogP contribution in [0.3, 0.4) is 0 Å². The number of esters is 1. The Balaban J connectivity index is 2.47. The molecule has 0 N–H and O–H groups in total. The van der Waals surface area contributed by atoms with Crippen molar-refractivity contribution in [2.75, 3.05) is 6.61 Å². The highest BCUT2D eigenvalue weighted by atomic mass is 19.3. The van der Waals surface area contributed by atoms with Gasteiger partial charge in [0.25, 0.3) is 6.43 Å². The Bertz CT molecular complexity index is 702. The lowest BCUT2D eigenvalue weighted by molar-refractivity contribution is 0.0525. The number of rotatable bonds is 4. The van der Waals surface area contributed by atoms with E-state index >= 15 is 0 Å². The fourth-order valence-electron chi connectivity index (χ4n) is 2.00. The first kappa shape index (κ1) is 16.0. The number of aromatic nitrogens is 1. The van der Waals surface area contributed by atoms with E-state index in [4.69, 9.17) is 4.74 Å². The Kier molecular flexibility index (Phi) is 4.80. The smallest absolute Gasteiger partial charge is 0.339 e. The lowest BCUT2D eigenvalue weighted by Crippen LogP contribution is -2.08. The molecule has 0 atom stereocenters. The molecule has 0 saturated carbocycles. The zero-order valence-electron chi connectivity index (χ0n) is 12.1. The van der Waals surface area contributed by atoms with Gasteiger partial charge in [0.1, 0.15) is 5.82 Å². The number of carbonyl (C=O) groups excluding carboxylic acids is 1. The maximum atomic E-state index is 13.3. The number of benzene rings is 1. The first-order chi connectivity index (χ1) is 10.4. The van der Waals surface area contributed by atoms with Crippen molar-refractivity contribution in [3.8, 4) is 11.1 Å². The van der Waals surface area contributed by atoms with Gasteiger partial charge in [-0.2, -0.15) is 0 Å². The summed E-state index contributed by atoms with van der Waals surface area (Å²) in [6, 6.07) is 4.90. The minimum absolute atomic E-state index is 0.217. The summed E-state index contributed by atoms with van der Waals surface area (Å²) in [5.41, 5.74) is 0.835.